The van der Waals surface area contributed by atoms with Crippen LogP contribution in [0.2, 0.25) is 0 Å². The van der Waals surface area contributed by atoms with E-state index in [-0.39, 0.29) is 13.2 Å². The van der Waals surface area contributed by atoms with Crippen LogP contribution in [0.3, 0.4) is 0 Å². The van der Waals surface area contributed by atoms with E-state index in [9.17, 15) is 0 Å². The van der Waals surface area contributed by atoms with Gasteiger partial charge in [0.1, 0.15) is 0 Å². The number of hydrogen-bond acceptors (Lipinski definition) is 3. The number of ether oxygens (including phenoxy) is 1. The zero-order valence-electron chi connectivity index (χ0n) is 7.41. The molecule has 3 heteroatoms. The highest BCUT2D eigenvalue weighted by Gasteiger charge is 2.25. The minimum Gasteiger partial charge on any atom is -0.396 e. The Morgan fingerprint density at radius 1 is 1.33 bits per heavy atom. The molecule has 0 spiro atoms. The zero-order valence-corrected chi connectivity index (χ0v) is 7.41. The highest BCUT2D eigenvalue weighted by Crippen LogP contribution is 2.22. The van der Waals surface area contributed by atoms with Gasteiger partial charge in [0.15, 0.2) is 0 Å². The maximum Gasteiger partial charge on any atom is 0.0813 e. The molecule has 2 unspecified atom stereocenters. The van der Waals surface area contributed by atoms with E-state index < -0.39 is 0 Å². The van der Waals surface area contributed by atoms with Gasteiger partial charge < -0.3 is 14.9 Å². The molecule has 2 atom stereocenters. The van der Waals surface area contributed by atoms with Crippen molar-refractivity contribution in [3.8, 4) is 0 Å². The molecular formula is C9H18O3. The second-order valence-corrected chi connectivity index (χ2v) is 3.46. The predicted octanol–water partition coefficient (Wildman–Crippen LogP) is 0.546. The molecule has 0 aromatic carbocycles. The van der Waals surface area contributed by atoms with Crippen molar-refractivity contribution < 1.29 is 14.9 Å². The van der Waals surface area contributed by atoms with Crippen LogP contribution in [0.15, 0.2) is 0 Å². The van der Waals surface area contributed by atoms with Gasteiger partial charge in [0.2, 0.25) is 0 Å². The molecule has 0 saturated carbocycles. The van der Waals surface area contributed by atoms with Crippen LogP contribution < -0.4 is 0 Å². The molecule has 0 bridgehead atoms. The predicted molar refractivity (Wildman–Crippen MR) is 45.9 cm³/mol. The number of rotatable bonds is 7. The molecule has 0 aliphatic carbocycles. The maximum absolute atomic E-state index is 8.98. The van der Waals surface area contributed by atoms with Crippen LogP contribution >= 0.6 is 0 Å². The van der Waals surface area contributed by atoms with Crippen molar-refractivity contribution in [1.29, 1.82) is 0 Å². The molecule has 1 aliphatic heterocycles. The first-order valence-corrected chi connectivity index (χ1v) is 4.70. The summed E-state index contributed by atoms with van der Waals surface area (Å²) >= 11 is 0. The average Bonchev–Trinajstić information content (AvgIpc) is 2.87. The molecule has 2 N–H and O–H groups in total. The summed E-state index contributed by atoms with van der Waals surface area (Å²) in [6.45, 7) is 1.39. The van der Waals surface area contributed by atoms with Crippen molar-refractivity contribution in [2.45, 2.75) is 31.8 Å². The van der Waals surface area contributed by atoms with Crippen molar-refractivity contribution in [2.24, 2.45) is 5.92 Å². The summed E-state index contributed by atoms with van der Waals surface area (Å²) < 4.78 is 5.09. The Morgan fingerprint density at radius 2 is 2.08 bits per heavy atom. The second kappa shape index (κ2) is 5.51. The molecule has 0 amide bonds. The van der Waals surface area contributed by atoms with Crippen LogP contribution in [0.4, 0.5) is 0 Å². The van der Waals surface area contributed by atoms with E-state index in [1.807, 2.05) is 0 Å². The minimum absolute atomic E-state index is 0.255. The summed E-state index contributed by atoms with van der Waals surface area (Å²) in [4.78, 5) is 0. The van der Waals surface area contributed by atoms with Crippen molar-refractivity contribution in [3.63, 3.8) is 0 Å². The fraction of sp³-hybridized carbons (Fsp3) is 1.00. The third-order valence-corrected chi connectivity index (χ3v) is 2.28. The van der Waals surface area contributed by atoms with Gasteiger partial charge in [-0.3, -0.25) is 0 Å². The minimum atomic E-state index is 0.255. The molecule has 12 heavy (non-hydrogen) atoms. The van der Waals surface area contributed by atoms with Crippen LogP contribution in [0.1, 0.15) is 25.7 Å². The molecule has 1 aliphatic rings. The molecule has 3 nitrogen and oxygen atoms in total. The maximum atomic E-state index is 8.98. The summed E-state index contributed by atoms with van der Waals surface area (Å²) in [5.41, 5.74) is 0. The van der Waals surface area contributed by atoms with Gasteiger partial charge in [0.05, 0.1) is 12.7 Å². The fourth-order valence-corrected chi connectivity index (χ4v) is 1.40. The monoisotopic (exact) mass is 174 g/mol. The Kier molecular flexibility index (Phi) is 4.58. The van der Waals surface area contributed by atoms with E-state index in [2.05, 4.69) is 0 Å². The summed E-state index contributed by atoms with van der Waals surface area (Å²) in [6.07, 6.45) is 4.27. The van der Waals surface area contributed by atoms with Gasteiger partial charge in [-0.15, -0.1) is 0 Å². The molecule has 1 rings (SSSR count). The van der Waals surface area contributed by atoms with E-state index in [0.29, 0.717) is 12.0 Å². The van der Waals surface area contributed by atoms with E-state index in [4.69, 9.17) is 14.9 Å². The number of hydrogen-bond donors (Lipinski definition) is 2. The fourth-order valence-electron chi connectivity index (χ4n) is 1.40. The smallest absolute Gasteiger partial charge is 0.0813 e. The van der Waals surface area contributed by atoms with Gasteiger partial charge in [0.25, 0.3) is 0 Å². The number of aliphatic hydroxyl groups is 2. The lowest BCUT2D eigenvalue weighted by Crippen LogP contribution is -2.09. The summed E-state index contributed by atoms with van der Waals surface area (Å²) in [5, 5.41) is 17.5. The van der Waals surface area contributed by atoms with E-state index in [1.165, 1.54) is 0 Å². The van der Waals surface area contributed by atoms with E-state index >= 15 is 0 Å². The van der Waals surface area contributed by atoms with Crippen molar-refractivity contribution in [2.75, 3.05) is 19.8 Å². The molecule has 0 aromatic heterocycles. The number of aliphatic hydroxyl groups excluding tert-OH is 2. The third kappa shape index (κ3) is 4.04. The Bertz CT molecular complexity index is 112. The van der Waals surface area contributed by atoms with Crippen LogP contribution in [0.5, 0.6) is 0 Å². The van der Waals surface area contributed by atoms with Crippen molar-refractivity contribution in [1.82, 2.24) is 0 Å². The number of epoxide rings is 1. The highest BCUT2D eigenvalue weighted by atomic mass is 16.6. The van der Waals surface area contributed by atoms with Crippen molar-refractivity contribution in [3.05, 3.63) is 0 Å². The third-order valence-electron chi connectivity index (χ3n) is 2.28. The molecule has 0 radical (unpaired) electrons. The molecule has 72 valence electrons. The molecule has 0 aromatic rings. The second-order valence-electron chi connectivity index (χ2n) is 3.46. The largest absolute Gasteiger partial charge is 0.396 e. The summed E-state index contributed by atoms with van der Waals surface area (Å²) in [6, 6.07) is 0. The first kappa shape index (κ1) is 9.96. The normalized spacial score (nSPS) is 24.0. The van der Waals surface area contributed by atoms with Gasteiger partial charge in [-0.2, -0.15) is 0 Å². The molecule has 1 fully saturated rings. The Labute approximate surface area is 73.4 Å². The van der Waals surface area contributed by atoms with Crippen LogP contribution in [0.25, 0.3) is 0 Å². The van der Waals surface area contributed by atoms with Gasteiger partial charge in [0, 0.05) is 13.2 Å². The quantitative estimate of drug-likeness (QED) is 0.437. The lowest BCUT2D eigenvalue weighted by molar-refractivity contribution is 0.191. The standard InChI is InChI=1S/C9H18O3/c10-4-2-1-3-8(6-11)5-9-7-12-9/h8-11H,1-7H2. The van der Waals surface area contributed by atoms with Crippen LogP contribution in [-0.2, 0) is 4.74 Å². The van der Waals surface area contributed by atoms with Crippen LogP contribution in [-0.4, -0.2) is 36.1 Å². The zero-order chi connectivity index (χ0) is 8.81. The van der Waals surface area contributed by atoms with Gasteiger partial charge in [-0.25, -0.2) is 0 Å². The first-order chi connectivity index (χ1) is 5.86. The Balaban J connectivity index is 1.98. The van der Waals surface area contributed by atoms with E-state index in [0.717, 1.165) is 32.3 Å². The molecular weight excluding hydrogens is 156 g/mol. The summed E-state index contributed by atoms with van der Waals surface area (Å²) in [7, 11) is 0. The molecule has 1 heterocycles. The average molecular weight is 174 g/mol. The van der Waals surface area contributed by atoms with Gasteiger partial charge in [-0.1, -0.05) is 6.42 Å². The summed E-state index contributed by atoms with van der Waals surface area (Å²) in [5.74, 6) is 0.379. The van der Waals surface area contributed by atoms with Gasteiger partial charge >= 0.3 is 0 Å². The van der Waals surface area contributed by atoms with E-state index in [1.54, 1.807) is 0 Å². The first-order valence-electron chi connectivity index (χ1n) is 4.70. The Hall–Kier alpha value is -0.120. The number of unbranched alkanes of at least 4 members (excludes halogenated alkanes) is 1. The van der Waals surface area contributed by atoms with Crippen LogP contribution in [0, 0.1) is 5.92 Å². The van der Waals surface area contributed by atoms with Crippen molar-refractivity contribution >= 4 is 0 Å². The SMILES string of the molecule is OCCCCC(CO)CC1CO1. The van der Waals surface area contributed by atoms with Gasteiger partial charge in [-0.05, 0) is 25.2 Å². The lowest BCUT2D eigenvalue weighted by atomic mass is 9.98. The highest BCUT2D eigenvalue weighted by molar-refractivity contribution is 4.73. The Morgan fingerprint density at radius 3 is 2.58 bits per heavy atom. The topological polar surface area (TPSA) is 53.0 Å². The molecule has 1 saturated heterocycles. The lowest BCUT2D eigenvalue weighted by Gasteiger charge is -2.11.